The lowest BCUT2D eigenvalue weighted by atomic mass is 9.95. The fraction of sp³-hybridized carbons (Fsp3) is 0.619. The van der Waals surface area contributed by atoms with Crippen LogP contribution in [-0.4, -0.2) is 50.4 Å². The summed E-state index contributed by atoms with van der Waals surface area (Å²) in [7, 11) is -3.66. The Morgan fingerprint density at radius 2 is 1.97 bits per heavy atom. The molecule has 1 saturated heterocycles. The van der Waals surface area contributed by atoms with Crippen molar-refractivity contribution in [1.29, 1.82) is 0 Å². The summed E-state index contributed by atoms with van der Waals surface area (Å²) in [6, 6.07) is 6.93. The summed E-state index contributed by atoms with van der Waals surface area (Å²) < 4.78 is 28.4. The monoisotopic (exact) mass is 565 g/mol. The van der Waals surface area contributed by atoms with Crippen molar-refractivity contribution in [3.05, 3.63) is 29.8 Å². The van der Waals surface area contributed by atoms with Crippen molar-refractivity contribution in [1.82, 2.24) is 14.9 Å². The highest BCUT2D eigenvalue weighted by molar-refractivity contribution is 14.0. The zero-order valence-corrected chi connectivity index (χ0v) is 22.0. The van der Waals surface area contributed by atoms with Crippen molar-refractivity contribution in [2.75, 3.05) is 19.6 Å². The van der Waals surface area contributed by atoms with Gasteiger partial charge in [0.2, 0.25) is 15.9 Å². The van der Waals surface area contributed by atoms with Crippen molar-refractivity contribution < 1.29 is 13.2 Å². The van der Waals surface area contributed by atoms with Gasteiger partial charge >= 0.3 is 0 Å². The first kappa shape index (κ1) is 27.6. The van der Waals surface area contributed by atoms with Crippen LogP contribution in [0.2, 0.25) is 0 Å². The minimum Gasteiger partial charge on any atom is -0.370 e. The van der Waals surface area contributed by atoms with Crippen LogP contribution in [0.3, 0.4) is 0 Å². The number of nitrogens with zero attached hydrogens (tertiary/aromatic N) is 2. The number of hydrogen-bond donors (Lipinski definition) is 3. The second kappa shape index (κ2) is 12.0. The summed E-state index contributed by atoms with van der Waals surface area (Å²) in [5, 5.41) is 3.29. The number of guanidine groups is 1. The van der Waals surface area contributed by atoms with Crippen molar-refractivity contribution in [3.63, 3.8) is 0 Å². The number of sulfonamides is 1. The summed E-state index contributed by atoms with van der Waals surface area (Å²) >= 11 is 0. The molecule has 0 aromatic heterocycles. The minimum atomic E-state index is -3.66. The van der Waals surface area contributed by atoms with Crippen LogP contribution in [-0.2, 0) is 21.4 Å². The van der Waals surface area contributed by atoms with Crippen molar-refractivity contribution in [2.24, 2.45) is 16.6 Å². The van der Waals surface area contributed by atoms with E-state index in [-0.39, 0.29) is 47.2 Å². The number of halogens is 1. The number of piperidine rings is 1. The number of amides is 1. The molecule has 0 saturated carbocycles. The zero-order valence-electron chi connectivity index (χ0n) is 18.8. The fourth-order valence-corrected chi connectivity index (χ4v) is 5.30. The van der Waals surface area contributed by atoms with Crippen molar-refractivity contribution in [3.8, 4) is 0 Å². The highest BCUT2D eigenvalue weighted by Gasteiger charge is 2.25. The molecule has 1 unspecified atom stereocenters. The van der Waals surface area contributed by atoms with E-state index in [2.05, 4.69) is 14.9 Å². The summed E-state index contributed by atoms with van der Waals surface area (Å²) in [5.74, 6) is 0.653. The normalized spacial score (nSPS) is 17.7. The number of carbonyl (C=O) groups excluding carboxylic acids is 1. The van der Waals surface area contributed by atoms with Gasteiger partial charge in [-0.05, 0) is 58.1 Å². The number of aliphatic imine (C=N–C) groups is 1. The predicted octanol–water partition coefficient (Wildman–Crippen LogP) is 2.43. The van der Waals surface area contributed by atoms with E-state index >= 15 is 0 Å². The van der Waals surface area contributed by atoms with Gasteiger partial charge in [-0.2, -0.15) is 0 Å². The van der Waals surface area contributed by atoms with Gasteiger partial charge in [0.25, 0.3) is 0 Å². The van der Waals surface area contributed by atoms with E-state index in [1.807, 2.05) is 33.8 Å². The molecule has 0 spiro atoms. The Morgan fingerprint density at radius 1 is 1.29 bits per heavy atom. The summed E-state index contributed by atoms with van der Waals surface area (Å²) in [6.07, 6.45) is 2.30. The van der Waals surface area contributed by atoms with Gasteiger partial charge < -0.3 is 16.0 Å². The molecule has 0 bridgehead atoms. The quantitative estimate of drug-likeness (QED) is 0.267. The minimum absolute atomic E-state index is 0. The van der Waals surface area contributed by atoms with Gasteiger partial charge in [0.05, 0.1) is 11.4 Å². The average molecular weight is 566 g/mol. The number of nitrogens with two attached hydrogens (primary N) is 1. The van der Waals surface area contributed by atoms with Gasteiger partial charge in [0.1, 0.15) is 0 Å². The Morgan fingerprint density at radius 3 is 2.58 bits per heavy atom. The van der Waals surface area contributed by atoms with Crippen LogP contribution in [0.4, 0.5) is 0 Å². The second-order valence-electron chi connectivity index (χ2n) is 8.76. The van der Waals surface area contributed by atoms with Crippen LogP contribution in [0.15, 0.2) is 34.2 Å². The number of rotatable bonds is 7. The fourth-order valence-electron chi connectivity index (χ4n) is 3.65. The molecule has 1 aromatic carbocycles. The molecule has 1 aliphatic rings. The summed E-state index contributed by atoms with van der Waals surface area (Å²) in [5.41, 5.74) is 5.43. The first-order valence-electron chi connectivity index (χ1n) is 10.5. The predicted molar refractivity (Wildman–Crippen MR) is 135 cm³/mol. The van der Waals surface area contributed by atoms with Gasteiger partial charge in [0.15, 0.2) is 5.96 Å². The van der Waals surface area contributed by atoms with Gasteiger partial charge in [-0.3, -0.25) is 4.79 Å². The Labute approximate surface area is 203 Å². The smallest absolute Gasteiger partial charge is 0.241 e. The molecular formula is C21H36IN5O3S. The van der Waals surface area contributed by atoms with E-state index in [0.29, 0.717) is 25.1 Å². The maximum atomic E-state index is 12.9. The molecule has 1 aliphatic heterocycles. The highest BCUT2D eigenvalue weighted by Crippen LogP contribution is 2.21. The molecule has 1 amide bonds. The molecule has 1 aromatic rings. The molecule has 176 valence electrons. The Bertz CT molecular complexity index is 868. The molecule has 1 fully saturated rings. The lowest BCUT2D eigenvalue weighted by Gasteiger charge is -2.34. The van der Waals surface area contributed by atoms with Crippen LogP contribution >= 0.6 is 24.0 Å². The lowest BCUT2D eigenvalue weighted by molar-refractivity contribution is -0.119. The number of nitrogens with one attached hydrogen (secondary N) is 2. The van der Waals surface area contributed by atoms with Crippen LogP contribution in [0.5, 0.6) is 0 Å². The van der Waals surface area contributed by atoms with Crippen LogP contribution in [0.1, 0.15) is 52.5 Å². The van der Waals surface area contributed by atoms with Gasteiger partial charge in [-0.1, -0.05) is 18.2 Å². The SMILES string of the molecule is CCNC(=NCc1ccccc1S(=O)(=O)NC(C)(C)C)N1CCCC(CC(N)=O)C1.I. The Hall–Kier alpha value is -1.40. The molecule has 0 aliphatic carbocycles. The van der Waals surface area contributed by atoms with E-state index in [0.717, 1.165) is 25.3 Å². The number of likely N-dealkylation sites (tertiary alicyclic amines) is 1. The lowest BCUT2D eigenvalue weighted by Crippen LogP contribution is -2.47. The van der Waals surface area contributed by atoms with Crippen molar-refractivity contribution in [2.45, 2.75) is 63.9 Å². The van der Waals surface area contributed by atoms with Crippen LogP contribution in [0, 0.1) is 5.92 Å². The van der Waals surface area contributed by atoms with Gasteiger partial charge in [-0.15, -0.1) is 24.0 Å². The largest absolute Gasteiger partial charge is 0.370 e. The maximum absolute atomic E-state index is 12.9. The zero-order chi connectivity index (χ0) is 22.4. The van der Waals surface area contributed by atoms with Crippen LogP contribution < -0.4 is 15.8 Å². The van der Waals surface area contributed by atoms with E-state index in [1.54, 1.807) is 18.2 Å². The number of carbonyl (C=O) groups is 1. The molecular weight excluding hydrogens is 529 g/mol. The first-order valence-corrected chi connectivity index (χ1v) is 11.9. The third-order valence-electron chi connectivity index (χ3n) is 4.75. The molecule has 31 heavy (non-hydrogen) atoms. The van der Waals surface area contributed by atoms with E-state index < -0.39 is 15.6 Å². The number of hydrogen-bond acceptors (Lipinski definition) is 4. The van der Waals surface area contributed by atoms with E-state index in [9.17, 15) is 13.2 Å². The Balaban J connectivity index is 0.00000480. The third-order valence-corrected chi connectivity index (χ3v) is 6.60. The molecule has 2 rings (SSSR count). The number of primary amides is 1. The molecule has 4 N–H and O–H groups in total. The van der Waals surface area contributed by atoms with E-state index in [1.165, 1.54) is 0 Å². The van der Waals surface area contributed by atoms with Gasteiger partial charge in [0, 0.05) is 31.6 Å². The molecule has 1 atom stereocenters. The molecule has 8 nitrogen and oxygen atoms in total. The standard InChI is InChI=1S/C21H35N5O3S.HI/c1-5-23-20(26-12-8-9-16(15-26)13-19(22)27)24-14-17-10-6-7-11-18(17)30(28,29)25-21(2,3)4;/h6-7,10-11,16,25H,5,8-9,12-15H2,1-4H3,(H2,22,27)(H,23,24);1H. The second-order valence-corrected chi connectivity index (χ2v) is 10.4. The van der Waals surface area contributed by atoms with Crippen LogP contribution in [0.25, 0.3) is 0 Å². The van der Waals surface area contributed by atoms with Gasteiger partial charge in [-0.25, -0.2) is 18.1 Å². The summed E-state index contributed by atoms with van der Waals surface area (Å²) in [4.78, 5) is 18.4. The molecule has 10 heteroatoms. The third kappa shape index (κ3) is 8.93. The van der Waals surface area contributed by atoms with E-state index in [4.69, 9.17) is 10.7 Å². The number of benzene rings is 1. The molecule has 1 heterocycles. The molecule has 0 radical (unpaired) electrons. The maximum Gasteiger partial charge on any atom is 0.241 e. The topological polar surface area (TPSA) is 117 Å². The van der Waals surface area contributed by atoms with Crippen molar-refractivity contribution >= 4 is 45.9 Å². The first-order chi connectivity index (χ1) is 14.0. The Kier molecular flexibility index (Phi) is 10.7. The average Bonchev–Trinajstić information content (AvgIpc) is 2.63. The highest BCUT2D eigenvalue weighted by atomic mass is 127. The summed E-state index contributed by atoms with van der Waals surface area (Å²) in [6.45, 7) is 9.91.